The number of H-pyrrole nitrogens is 1. The first-order valence-electron chi connectivity index (χ1n) is 10.4. The Bertz CT molecular complexity index is 1120. The first-order valence-corrected chi connectivity index (χ1v) is 10.4. The summed E-state index contributed by atoms with van der Waals surface area (Å²) in [6.07, 6.45) is 1.97. The van der Waals surface area contributed by atoms with Crippen LogP contribution in [0.3, 0.4) is 0 Å². The van der Waals surface area contributed by atoms with Crippen LogP contribution in [0.5, 0.6) is 0 Å². The fourth-order valence-corrected chi connectivity index (χ4v) is 3.58. The summed E-state index contributed by atoms with van der Waals surface area (Å²) in [5, 5.41) is 16.5. The van der Waals surface area contributed by atoms with Crippen molar-refractivity contribution in [3.63, 3.8) is 0 Å². The zero-order chi connectivity index (χ0) is 22.7. The molecule has 0 aliphatic rings. The van der Waals surface area contributed by atoms with Gasteiger partial charge in [-0.15, -0.1) is 0 Å². The molecule has 8 heteroatoms. The molecule has 0 fully saturated rings. The lowest BCUT2D eigenvalue weighted by Gasteiger charge is -2.24. The van der Waals surface area contributed by atoms with Crippen molar-refractivity contribution < 1.29 is 19.5 Å². The number of benzene rings is 1. The van der Waals surface area contributed by atoms with Crippen molar-refractivity contribution in [2.24, 2.45) is 11.8 Å². The van der Waals surface area contributed by atoms with Crippen molar-refractivity contribution in [1.29, 1.82) is 0 Å². The number of carbonyl (C=O) groups is 3. The van der Waals surface area contributed by atoms with E-state index >= 15 is 0 Å². The Hall–Kier alpha value is -3.42. The summed E-state index contributed by atoms with van der Waals surface area (Å²) in [7, 11) is 0. The molecule has 8 nitrogen and oxygen atoms in total. The lowest BCUT2D eigenvalue weighted by molar-refractivity contribution is -0.143. The number of para-hydroxylation sites is 1. The third-order valence-electron chi connectivity index (χ3n) is 5.18. The van der Waals surface area contributed by atoms with Crippen molar-refractivity contribution in [2.75, 3.05) is 0 Å². The molecule has 2 aromatic heterocycles. The Balaban J connectivity index is 1.83. The number of carbonyl (C=O) groups excluding carboxylic acids is 2. The van der Waals surface area contributed by atoms with Crippen LogP contribution < -0.4 is 10.6 Å². The minimum atomic E-state index is -1.11. The second kappa shape index (κ2) is 9.16. The maximum absolute atomic E-state index is 12.9. The van der Waals surface area contributed by atoms with E-state index in [4.69, 9.17) is 0 Å². The molecule has 0 aliphatic carbocycles. The summed E-state index contributed by atoms with van der Waals surface area (Å²) in [4.78, 5) is 44.7. The fraction of sp³-hybridized carbons (Fsp3) is 0.391. The monoisotopic (exact) mass is 424 g/mol. The Kier molecular flexibility index (Phi) is 6.58. The van der Waals surface area contributed by atoms with Crippen molar-refractivity contribution in [3.05, 3.63) is 42.2 Å². The zero-order valence-corrected chi connectivity index (χ0v) is 18.1. The van der Waals surface area contributed by atoms with Crippen LogP contribution in [0.1, 0.15) is 44.6 Å². The molecule has 164 valence electrons. The zero-order valence-electron chi connectivity index (χ0n) is 18.1. The first-order chi connectivity index (χ1) is 14.7. The average Bonchev–Trinajstić information content (AvgIpc) is 3.08. The number of carboxylic acids is 1. The number of aromatic amines is 1. The van der Waals surface area contributed by atoms with E-state index in [-0.39, 0.29) is 17.5 Å². The molecule has 0 bridgehead atoms. The van der Waals surface area contributed by atoms with E-state index in [1.165, 1.54) is 0 Å². The number of hydrogen-bond donors (Lipinski definition) is 4. The Morgan fingerprint density at radius 3 is 2.39 bits per heavy atom. The fourth-order valence-electron chi connectivity index (χ4n) is 3.58. The minimum absolute atomic E-state index is 0.113. The highest BCUT2D eigenvalue weighted by molar-refractivity contribution is 6.09. The highest BCUT2D eigenvalue weighted by Gasteiger charge is 2.29. The quantitative estimate of drug-likeness (QED) is 0.442. The molecule has 1 aromatic carbocycles. The predicted octanol–water partition coefficient (Wildman–Crippen LogP) is 3.09. The highest BCUT2D eigenvalue weighted by Crippen LogP contribution is 2.25. The van der Waals surface area contributed by atoms with Crippen molar-refractivity contribution >= 4 is 39.6 Å². The first kappa shape index (κ1) is 22.3. The molecule has 0 aliphatic heterocycles. The molecule has 0 saturated heterocycles. The predicted molar refractivity (Wildman–Crippen MR) is 119 cm³/mol. The Labute approximate surface area is 180 Å². The third-order valence-corrected chi connectivity index (χ3v) is 5.18. The van der Waals surface area contributed by atoms with Gasteiger partial charge in [0, 0.05) is 16.3 Å². The number of carboxylic acid groups (broad SMARTS) is 1. The molecule has 3 aromatic rings. The number of hydrogen-bond acceptors (Lipinski definition) is 4. The van der Waals surface area contributed by atoms with Crippen LogP contribution in [0.15, 0.2) is 36.5 Å². The molecule has 2 atom stereocenters. The van der Waals surface area contributed by atoms with E-state index in [2.05, 4.69) is 20.6 Å². The van der Waals surface area contributed by atoms with Gasteiger partial charge in [0.2, 0.25) is 5.91 Å². The second-order valence-electron chi connectivity index (χ2n) is 8.51. The molecular weight excluding hydrogens is 396 g/mol. The van der Waals surface area contributed by atoms with Gasteiger partial charge in [0.25, 0.3) is 5.91 Å². The SMILES string of the molecule is CC(C)CC(NC(=O)c1cc2c(cn1)[nH]c1ccccc12)C(=O)NC(C(=O)O)C(C)C. The summed E-state index contributed by atoms with van der Waals surface area (Å²) in [5.41, 5.74) is 1.95. The number of rotatable bonds is 8. The van der Waals surface area contributed by atoms with Gasteiger partial charge in [0.1, 0.15) is 17.8 Å². The number of nitrogens with zero attached hydrogens (tertiary/aromatic N) is 1. The molecule has 31 heavy (non-hydrogen) atoms. The van der Waals surface area contributed by atoms with Crippen LogP contribution in [-0.4, -0.2) is 44.9 Å². The molecule has 2 unspecified atom stereocenters. The van der Waals surface area contributed by atoms with Gasteiger partial charge < -0.3 is 20.7 Å². The summed E-state index contributed by atoms with van der Waals surface area (Å²) >= 11 is 0. The van der Waals surface area contributed by atoms with Gasteiger partial charge in [-0.25, -0.2) is 9.78 Å². The normalized spacial score (nSPS) is 13.5. The highest BCUT2D eigenvalue weighted by atomic mass is 16.4. The largest absolute Gasteiger partial charge is 0.480 e. The smallest absolute Gasteiger partial charge is 0.326 e. The molecule has 2 amide bonds. The number of aromatic nitrogens is 2. The van der Waals surface area contributed by atoms with Crippen LogP contribution in [0, 0.1) is 11.8 Å². The van der Waals surface area contributed by atoms with E-state index < -0.39 is 29.9 Å². The number of amides is 2. The third kappa shape index (κ3) is 5.02. The van der Waals surface area contributed by atoms with E-state index in [0.29, 0.717) is 6.42 Å². The summed E-state index contributed by atoms with van der Waals surface area (Å²) in [6.45, 7) is 7.30. The summed E-state index contributed by atoms with van der Waals surface area (Å²) in [5.74, 6) is -2.28. The standard InChI is InChI=1S/C23H28N4O4/c1-12(2)9-18(22(29)27-20(13(3)4)23(30)31)26-21(28)17-10-15-14-7-5-6-8-16(14)25-19(15)11-24-17/h5-8,10-13,18,20,25H,9H2,1-4H3,(H,26,28)(H,27,29)(H,30,31). The van der Waals surface area contributed by atoms with Crippen LogP contribution >= 0.6 is 0 Å². The lowest BCUT2D eigenvalue weighted by Crippen LogP contribution is -2.53. The molecule has 2 heterocycles. The van der Waals surface area contributed by atoms with Gasteiger partial charge in [-0.05, 0) is 30.4 Å². The summed E-state index contributed by atoms with van der Waals surface area (Å²) < 4.78 is 0. The Morgan fingerprint density at radius 2 is 1.74 bits per heavy atom. The molecule has 3 rings (SSSR count). The van der Waals surface area contributed by atoms with E-state index in [1.54, 1.807) is 26.1 Å². The van der Waals surface area contributed by atoms with Gasteiger partial charge in [0.15, 0.2) is 0 Å². The van der Waals surface area contributed by atoms with Crippen molar-refractivity contribution in [3.8, 4) is 0 Å². The van der Waals surface area contributed by atoms with E-state index in [1.807, 2.05) is 38.1 Å². The topological polar surface area (TPSA) is 124 Å². The molecule has 4 N–H and O–H groups in total. The average molecular weight is 425 g/mol. The van der Waals surface area contributed by atoms with Gasteiger partial charge >= 0.3 is 5.97 Å². The van der Waals surface area contributed by atoms with Gasteiger partial charge in [-0.2, -0.15) is 0 Å². The van der Waals surface area contributed by atoms with E-state index in [0.717, 1.165) is 21.8 Å². The van der Waals surface area contributed by atoms with Crippen molar-refractivity contribution in [1.82, 2.24) is 20.6 Å². The van der Waals surface area contributed by atoms with Crippen molar-refractivity contribution in [2.45, 2.75) is 46.2 Å². The van der Waals surface area contributed by atoms with Crippen LogP contribution in [0.25, 0.3) is 21.8 Å². The molecule has 0 saturated carbocycles. The maximum atomic E-state index is 12.9. The second-order valence-corrected chi connectivity index (χ2v) is 8.51. The van der Waals surface area contributed by atoms with Gasteiger partial charge in [-0.1, -0.05) is 45.9 Å². The maximum Gasteiger partial charge on any atom is 0.326 e. The minimum Gasteiger partial charge on any atom is -0.480 e. The van der Waals surface area contributed by atoms with Gasteiger partial charge in [0.05, 0.1) is 11.7 Å². The number of pyridine rings is 1. The summed E-state index contributed by atoms with van der Waals surface area (Å²) in [6, 6.07) is 7.56. The van der Waals surface area contributed by atoms with Crippen LogP contribution in [0.4, 0.5) is 0 Å². The number of aliphatic carboxylic acids is 1. The number of fused-ring (bicyclic) bond motifs is 3. The number of nitrogens with one attached hydrogen (secondary N) is 3. The molecule has 0 radical (unpaired) electrons. The van der Waals surface area contributed by atoms with E-state index in [9.17, 15) is 19.5 Å². The lowest BCUT2D eigenvalue weighted by atomic mass is 10.0. The molecule has 0 spiro atoms. The Morgan fingerprint density at radius 1 is 1.03 bits per heavy atom. The molecular formula is C23H28N4O4. The van der Waals surface area contributed by atoms with Gasteiger partial charge in [-0.3, -0.25) is 9.59 Å². The van der Waals surface area contributed by atoms with Crippen LogP contribution in [0.2, 0.25) is 0 Å². The van der Waals surface area contributed by atoms with Crippen LogP contribution in [-0.2, 0) is 9.59 Å².